The highest BCUT2D eigenvalue weighted by atomic mass is 32.2. The summed E-state index contributed by atoms with van der Waals surface area (Å²) in [7, 11) is -1.39. The number of ether oxygens (including phenoxy) is 1. The summed E-state index contributed by atoms with van der Waals surface area (Å²) in [5, 5.41) is 9.17. The summed E-state index contributed by atoms with van der Waals surface area (Å²) < 4.78 is 28.9. The molecule has 1 aromatic carbocycles. The smallest absolute Gasteiger partial charge is 0.335 e. The summed E-state index contributed by atoms with van der Waals surface area (Å²) in [6.45, 7) is 0.523. The van der Waals surface area contributed by atoms with Gasteiger partial charge in [-0.15, -0.1) is 0 Å². The van der Waals surface area contributed by atoms with E-state index < -0.39 is 15.8 Å². The molecule has 1 aliphatic heterocycles. The van der Waals surface area contributed by atoms with Crippen molar-refractivity contribution in [3.8, 4) is 5.75 Å². The van der Waals surface area contributed by atoms with Crippen LogP contribution < -0.4 is 4.74 Å². The van der Waals surface area contributed by atoms with Crippen molar-refractivity contribution in [3.63, 3.8) is 0 Å². The fourth-order valence-electron chi connectivity index (χ4n) is 3.23. The first-order valence-electron chi connectivity index (χ1n) is 7.76. The van der Waals surface area contributed by atoms with E-state index in [2.05, 4.69) is 4.90 Å². The normalized spacial score (nSPS) is 23.1. The van der Waals surface area contributed by atoms with E-state index >= 15 is 0 Å². The lowest BCUT2D eigenvalue weighted by Gasteiger charge is -2.28. The van der Waals surface area contributed by atoms with Crippen LogP contribution in [-0.2, 0) is 16.4 Å². The maximum absolute atomic E-state index is 11.8. The van der Waals surface area contributed by atoms with Crippen molar-refractivity contribution in [1.82, 2.24) is 4.90 Å². The Balaban J connectivity index is 1.85. The molecule has 1 N–H and O–H groups in total. The molecular formula is C16H21NO5S. The number of rotatable bonds is 6. The number of hydrogen-bond acceptors (Lipinski definition) is 5. The van der Waals surface area contributed by atoms with Crippen LogP contribution in [-0.4, -0.2) is 55.1 Å². The van der Waals surface area contributed by atoms with Crippen molar-refractivity contribution < 1.29 is 23.1 Å². The zero-order valence-corrected chi connectivity index (χ0v) is 13.9. The second-order valence-corrected chi connectivity index (χ2v) is 8.52. The molecule has 1 aromatic rings. The van der Waals surface area contributed by atoms with E-state index in [1.807, 2.05) is 0 Å². The zero-order valence-electron chi connectivity index (χ0n) is 13.1. The number of sulfone groups is 1. The van der Waals surface area contributed by atoms with Crippen molar-refractivity contribution >= 4 is 15.8 Å². The third-order valence-corrected chi connectivity index (χ3v) is 6.32. The number of nitrogens with zero attached hydrogens (tertiary/aromatic N) is 1. The quantitative estimate of drug-likeness (QED) is 0.846. The molecular weight excluding hydrogens is 318 g/mol. The summed E-state index contributed by atoms with van der Waals surface area (Å²) in [6.07, 6.45) is 2.79. The molecule has 7 heteroatoms. The van der Waals surface area contributed by atoms with Crippen LogP contribution in [0.4, 0.5) is 0 Å². The standard InChI is InChI=1S/C16H21NO5S/c1-22-15-5-2-11(16(18)19)8-12(15)9-17(13-3-4-13)14-6-7-23(20,21)10-14/h2,5,8,13-14H,3-4,6-7,9-10H2,1H3,(H,18,19). The van der Waals surface area contributed by atoms with Gasteiger partial charge in [0.2, 0.25) is 0 Å². The van der Waals surface area contributed by atoms with Crippen molar-refractivity contribution in [3.05, 3.63) is 29.3 Å². The van der Waals surface area contributed by atoms with E-state index in [1.54, 1.807) is 19.2 Å². The minimum Gasteiger partial charge on any atom is -0.496 e. The molecule has 0 amide bonds. The average Bonchev–Trinajstić information content (AvgIpc) is 3.28. The molecule has 1 saturated heterocycles. The molecule has 2 aliphatic rings. The summed E-state index contributed by atoms with van der Waals surface area (Å²) in [4.78, 5) is 13.4. The van der Waals surface area contributed by atoms with Crippen LogP contribution >= 0.6 is 0 Å². The van der Waals surface area contributed by atoms with E-state index in [0.29, 0.717) is 24.8 Å². The fourth-order valence-corrected chi connectivity index (χ4v) is 4.97. The van der Waals surface area contributed by atoms with E-state index in [1.165, 1.54) is 6.07 Å². The van der Waals surface area contributed by atoms with E-state index in [0.717, 1.165) is 18.4 Å². The monoisotopic (exact) mass is 339 g/mol. The Bertz CT molecular complexity index is 711. The van der Waals surface area contributed by atoms with Crippen molar-refractivity contribution in [2.45, 2.75) is 37.9 Å². The number of hydrogen-bond donors (Lipinski definition) is 1. The maximum Gasteiger partial charge on any atom is 0.335 e. The maximum atomic E-state index is 11.8. The topological polar surface area (TPSA) is 83.9 Å². The Hall–Kier alpha value is -1.60. The predicted molar refractivity (Wildman–Crippen MR) is 85.6 cm³/mol. The molecule has 1 atom stereocenters. The van der Waals surface area contributed by atoms with Crippen LogP contribution in [0, 0.1) is 0 Å². The third-order valence-electron chi connectivity index (χ3n) is 4.57. The molecule has 0 aromatic heterocycles. The van der Waals surface area contributed by atoms with Gasteiger partial charge in [-0.3, -0.25) is 4.90 Å². The molecule has 2 fully saturated rings. The van der Waals surface area contributed by atoms with Crippen LogP contribution in [0.25, 0.3) is 0 Å². The number of carboxylic acids is 1. The van der Waals surface area contributed by atoms with Gasteiger partial charge in [-0.1, -0.05) is 0 Å². The predicted octanol–water partition coefficient (Wildman–Crippen LogP) is 1.54. The zero-order chi connectivity index (χ0) is 16.6. The lowest BCUT2D eigenvalue weighted by atomic mass is 10.1. The lowest BCUT2D eigenvalue weighted by Crippen LogP contribution is -2.37. The molecule has 6 nitrogen and oxygen atoms in total. The molecule has 1 heterocycles. The first-order chi connectivity index (χ1) is 10.9. The summed E-state index contributed by atoms with van der Waals surface area (Å²) >= 11 is 0. The van der Waals surface area contributed by atoms with Gasteiger partial charge in [0.1, 0.15) is 5.75 Å². The van der Waals surface area contributed by atoms with Gasteiger partial charge in [-0.25, -0.2) is 13.2 Å². The number of benzene rings is 1. The minimum atomic E-state index is -2.94. The Morgan fingerprint density at radius 2 is 2.04 bits per heavy atom. The first kappa shape index (κ1) is 16.3. The van der Waals surface area contributed by atoms with Gasteiger partial charge >= 0.3 is 5.97 Å². The van der Waals surface area contributed by atoms with Gasteiger partial charge in [0.15, 0.2) is 9.84 Å². The second-order valence-electron chi connectivity index (χ2n) is 6.29. The summed E-state index contributed by atoms with van der Waals surface area (Å²) in [6, 6.07) is 5.22. The van der Waals surface area contributed by atoms with E-state index in [9.17, 15) is 18.3 Å². The van der Waals surface area contributed by atoms with Crippen LogP contribution in [0.15, 0.2) is 18.2 Å². The number of carbonyl (C=O) groups is 1. The molecule has 1 aliphatic carbocycles. The molecule has 1 unspecified atom stereocenters. The molecule has 23 heavy (non-hydrogen) atoms. The number of carboxylic acid groups (broad SMARTS) is 1. The lowest BCUT2D eigenvalue weighted by molar-refractivity contribution is 0.0696. The van der Waals surface area contributed by atoms with Gasteiger partial charge in [0.25, 0.3) is 0 Å². The van der Waals surface area contributed by atoms with Crippen LogP contribution in [0.1, 0.15) is 35.2 Å². The summed E-state index contributed by atoms with van der Waals surface area (Å²) in [5.74, 6) is 0.106. The Kier molecular flexibility index (Phi) is 4.33. The molecule has 3 rings (SSSR count). The van der Waals surface area contributed by atoms with Crippen molar-refractivity contribution in [2.24, 2.45) is 0 Å². The van der Waals surface area contributed by atoms with Gasteiger partial charge < -0.3 is 9.84 Å². The Morgan fingerprint density at radius 1 is 1.30 bits per heavy atom. The molecule has 0 bridgehead atoms. The fraction of sp³-hybridized carbons (Fsp3) is 0.562. The molecule has 1 saturated carbocycles. The summed E-state index contributed by atoms with van der Waals surface area (Å²) in [5.41, 5.74) is 1.01. The van der Waals surface area contributed by atoms with Crippen molar-refractivity contribution in [2.75, 3.05) is 18.6 Å². The molecule has 126 valence electrons. The minimum absolute atomic E-state index is 0.0192. The second kappa shape index (κ2) is 6.13. The highest BCUT2D eigenvalue weighted by molar-refractivity contribution is 7.91. The highest BCUT2D eigenvalue weighted by Gasteiger charge is 2.39. The van der Waals surface area contributed by atoms with Crippen molar-refractivity contribution in [1.29, 1.82) is 0 Å². The molecule has 0 radical (unpaired) electrons. The van der Waals surface area contributed by atoms with Gasteiger partial charge in [0.05, 0.1) is 24.2 Å². The average molecular weight is 339 g/mol. The van der Waals surface area contributed by atoms with E-state index in [-0.39, 0.29) is 23.1 Å². The van der Waals surface area contributed by atoms with Gasteiger partial charge in [-0.2, -0.15) is 0 Å². The first-order valence-corrected chi connectivity index (χ1v) is 9.58. The SMILES string of the molecule is COc1ccc(C(=O)O)cc1CN(C1CC1)C1CCS(=O)(=O)C1. The van der Waals surface area contributed by atoms with Crippen LogP contribution in [0.3, 0.4) is 0 Å². The largest absolute Gasteiger partial charge is 0.496 e. The van der Waals surface area contributed by atoms with Crippen LogP contribution in [0.5, 0.6) is 5.75 Å². The van der Waals surface area contributed by atoms with Gasteiger partial charge in [0, 0.05) is 24.2 Å². The highest BCUT2D eigenvalue weighted by Crippen LogP contribution is 2.35. The number of aromatic carboxylic acids is 1. The Labute approximate surface area is 136 Å². The number of methoxy groups -OCH3 is 1. The molecule has 0 spiro atoms. The third kappa shape index (κ3) is 3.67. The Morgan fingerprint density at radius 3 is 2.57 bits per heavy atom. The van der Waals surface area contributed by atoms with Gasteiger partial charge in [-0.05, 0) is 37.5 Å². The van der Waals surface area contributed by atoms with E-state index in [4.69, 9.17) is 4.74 Å². The van der Waals surface area contributed by atoms with Crippen LogP contribution in [0.2, 0.25) is 0 Å².